The van der Waals surface area contributed by atoms with Gasteiger partial charge in [0.05, 0.1) is 22.4 Å². The maximum absolute atomic E-state index is 12.0. The molecule has 3 aromatic rings. The van der Waals surface area contributed by atoms with Gasteiger partial charge in [0, 0.05) is 0 Å². The molecule has 0 saturated carbocycles. The molecule has 0 aliphatic heterocycles. The van der Waals surface area contributed by atoms with Crippen molar-refractivity contribution in [2.45, 2.75) is 6.92 Å². The first-order valence-corrected chi connectivity index (χ1v) is 6.47. The van der Waals surface area contributed by atoms with Crippen LogP contribution in [0.1, 0.15) is 16.1 Å². The Morgan fingerprint density at radius 2 is 2.10 bits per heavy atom. The average Bonchev–Trinajstić information content (AvgIpc) is 2.74. The molecule has 0 aliphatic carbocycles. The second-order valence-electron chi connectivity index (χ2n) is 4.50. The number of halogens is 1. The smallest absolute Gasteiger partial charge is 0.353 e. The highest BCUT2D eigenvalue weighted by Crippen LogP contribution is 2.29. The Morgan fingerprint density at radius 3 is 2.76 bits per heavy atom. The molecule has 0 bridgehead atoms. The summed E-state index contributed by atoms with van der Waals surface area (Å²) < 4.78 is 1.39. The Kier molecular flexibility index (Phi) is 3.03. The van der Waals surface area contributed by atoms with Crippen LogP contribution in [0.5, 0.6) is 0 Å². The highest BCUT2D eigenvalue weighted by atomic mass is 35.5. The molecule has 6 nitrogen and oxygen atoms in total. The molecule has 2 N–H and O–H groups in total. The number of para-hydroxylation sites is 1. The van der Waals surface area contributed by atoms with Crippen LogP contribution in [0.25, 0.3) is 16.7 Å². The summed E-state index contributed by atoms with van der Waals surface area (Å²) in [6.07, 6.45) is 1.24. The first-order valence-electron chi connectivity index (χ1n) is 6.09. The fraction of sp³-hybridized carbons (Fsp3) is 0.0714. The second kappa shape index (κ2) is 4.75. The van der Waals surface area contributed by atoms with Gasteiger partial charge in [-0.2, -0.15) is 0 Å². The fourth-order valence-electron chi connectivity index (χ4n) is 2.41. The number of nitrogens with zero attached hydrogens (tertiary/aromatic N) is 2. The van der Waals surface area contributed by atoms with Gasteiger partial charge in [-0.15, -0.1) is 0 Å². The predicted octanol–water partition coefficient (Wildman–Crippen LogP) is 2.37. The number of aromatic amines is 1. The number of carboxylic acid groups (broad SMARTS) is 1. The summed E-state index contributed by atoms with van der Waals surface area (Å²) in [5.41, 5.74) is 0.675. The zero-order valence-electron chi connectivity index (χ0n) is 10.9. The molecule has 0 spiro atoms. The molecule has 0 radical (unpaired) electrons. The molecule has 2 aromatic heterocycles. The summed E-state index contributed by atoms with van der Waals surface area (Å²) in [5.74, 6) is -1.15. The first-order chi connectivity index (χ1) is 10.0. The van der Waals surface area contributed by atoms with Gasteiger partial charge in [0.2, 0.25) is 0 Å². The van der Waals surface area contributed by atoms with Crippen molar-refractivity contribution in [3.05, 3.63) is 57.2 Å². The largest absolute Gasteiger partial charge is 0.477 e. The third-order valence-corrected chi connectivity index (χ3v) is 3.61. The zero-order chi connectivity index (χ0) is 15.1. The van der Waals surface area contributed by atoms with Crippen LogP contribution in [0.2, 0.25) is 5.02 Å². The number of carbonyl (C=O) groups is 1. The van der Waals surface area contributed by atoms with Crippen molar-refractivity contribution in [1.82, 2.24) is 14.5 Å². The van der Waals surface area contributed by atoms with Crippen molar-refractivity contribution >= 4 is 28.6 Å². The van der Waals surface area contributed by atoms with Gasteiger partial charge in [0.1, 0.15) is 5.69 Å². The van der Waals surface area contributed by atoms with Gasteiger partial charge in [-0.05, 0) is 24.6 Å². The molecule has 2 heterocycles. The van der Waals surface area contributed by atoms with Crippen LogP contribution in [0, 0.1) is 6.92 Å². The number of hydrogen-bond acceptors (Lipinski definition) is 3. The minimum Gasteiger partial charge on any atom is -0.477 e. The van der Waals surface area contributed by atoms with E-state index >= 15 is 0 Å². The van der Waals surface area contributed by atoms with E-state index in [4.69, 9.17) is 11.6 Å². The van der Waals surface area contributed by atoms with Gasteiger partial charge >= 0.3 is 5.97 Å². The summed E-state index contributed by atoms with van der Waals surface area (Å²) >= 11 is 6.16. The van der Waals surface area contributed by atoms with E-state index in [9.17, 15) is 14.7 Å². The third kappa shape index (κ3) is 1.92. The second-order valence-corrected chi connectivity index (χ2v) is 4.90. The van der Waals surface area contributed by atoms with Gasteiger partial charge in [0.15, 0.2) is 5.65 Å². The number of carboxylic acids is 1. The lowest BCUT2D eigenvalue weighted by Gasteiger charge is -2.09. The number of nitrogens with one attached hydrogen (secondary N) is 1. The van der Waals surface area contributed by atoms with Gasteiger partial charge in [-0.1, -0.05) is 23.7 Å². The quantitative estimate of drug-likeness (QED) is 0.761. The zero-order valence-corrected chi connectivity index (χ0v) is 11.7. The van der Waals surface area contributed by atoms with Crippen molar-refractivity contribution < 1.29 is 9.90 Å². The maximum Gasteiger partial charge on any atom is 0.353 e. The van der Waals surface area contributed by atoms with Crippen LogP contribution < -0.4 is 5.56 Å². The number of rotatable bonds is 2. The number of aryl methyl sites for hydroxylation is 1. The number of aromatic carboxylic acids is 1. The summed E-state index contributed by atoms with van der Waals surface area (Å²) in [4.78, 5) is 30.1. The molecule has 0 saturated heterocycles. The SMILES string of the molecule is Cc1c(C(=O)O)n(-c2ccccc2Cl)c2nc[nH]c(=O)c12. The Morgan fingerprint density at radius 1 is 1.38 bits per heavy atom. The lowest BCUT2D eigenvalue weighted by atomic mass is 10.2. The standard InChI is InChI=1S/C14H10ClN3O3/c1-7-10-12(16-6-17-13(10)19)18(11(7)14(20)21)9-5-3-2-4-8(9)15/h2-6H,1H3,(H,20,21)(H,16,17,19). The Bertz CT molecular complexity index is 927. The molecule has 0 unspecified atom stereocenters. The third-order valence-electron chi connectivity index (χ3n) is 3.29. The molecule has 1 aromatic carbocycles. The summed E-state index contributed by atoms with van der Waals surface area (Å²) in [7, 11) is 0. The van der Waals surface area contributed by atoms with E-state index < -0.39 is 5.97 Å². The average molecular weight is 304 g/mol. The Hall–Kier alpha value is -2.60. The number of benzene rings is 1. The number of fused-ring (bicyclic) bond motifs is 1. The predicted molar refractivity (Wildman–Crippen MR) is 78.4 cm³/mol. The van der Waals surface area contributed by atoms with Crippen molar-refractivity contribution in [3.63, 3.8) is 0 Å². The van der Waals surface area contributed by atoms with Gasteiger partial charge in [0.25, 0.3) is 5.56 Å². The van der Waals surface area contributed by atoms with E-state index in [0.717, 1.165) is 0 Å². The van der Waals surface area contributed by atoms with Crippen molar-refractivity contribution in [3.8, 4) is 5.69 Å². The maximum atomic E-state index is 12.0. The van der Waals surface area contributed by atoms with Crippen molar-refractivity contribution in [2.75, 3.05) is 0 Å². The van der Waals surface area contributed by atoms with E-state index in [0.29, 0.717) is 16.3 Å². The molecule has 3 rings (SSSR count). The summed E-state index contributed by atoms with van der Waals surface area (Å²) in [6.45, 7) is 1.58. The lowest BCUT2D eigenvalue weighted by molar-refractivity contribution is 0.0688. The van der Waals surface area contributed by atoms with E-state index in [1.165, 1.54) is 10.9 Å². The minimum atomic E-state index is -1.15. The molecule has 21 heavy (non-hydrogen) atoms. The van der Waals surface area contributed by atoms with E-state index in [-0.39, 0.29) is 22.3 Å². The summed E-state index contributed by atoms with van der Waals surface area (Å²) in [6, 6.07) is 6.81. The van der Waals surface area contributed by atoms with Crippen molar-refractivity contribution in [1.29, 1.82) is 0 Å². The van der Waals surface area contributed by atoms with E-state index in [1.54, 1.807) is 31.2 Å². The van der Waals surface area contributed by atoms with Crippen LogP contribution in [0.3, 0.4) is 0 Å². The highest BCUT2D eigenvalue weighted by Gasteiger charge is 2.24. The van der Waals surface area contributed by atoms with Gasteiger partial charge in [-0.25, -0.2) is 9.78 Å². The molecule has 0 aliphatic rings. The molecule has 106 valence electrons. The fourth-order valence-corrected chi connectivity index (χ4v) is 2.63. The Balaban J connectivity index is 2.56. The lowest BCUT2D eigenvalue weighted by Crippen LogP contribution is -2.09. The molecule has 0 fully saturated rings. The molecular formula is C14H10ClN3O3. The Labute approximate surface area is 123 Å². The molecular weight excluding hydrogens is 294 g/mol. The van der Waals surface area contributed by atoms with Crippen LogP contribution in [0.15, 0.2) is 35.4 Å². The normalized spacial score (nSPS) is 11.0. The van der Waals surface area contributed by atoms with Gasteiger partial charge < -0.3 is 10.1 Å². The van der Waals surface area contributed by atoms with Crippen LogP contribution in [-0.4, -0.2) is 25.6 Å². The highest BCUT2D eigenvalue weighted by molar-refractivity contribution is 6.32. The number of H-pyrrole nitrogens is 1. The number of aromatic nitrogens is 3. The monoisotopic (exact) mass is 303 g/mol. The van der Waals surface area contributed by atoms with E-state index in [2.05, 4.69) is 9.97 Å². The van der Waals surface area contributed by atoms with Gasteiger partial charge in [-0.3, -0.25) is 9.36 Å². The minimum absolute atomic E-state index is 0.0256. The number of hydrogen-bond donors (Lipinski definition) is 2. The van der Waals surface area contributed by atoms with Crippen LogP contribution in [-0.2, 0) is 0 Å². The summed E-state index contributed by atoms with van der Waals surface area (Å²) in [5, 5.41) is 10.1. The molecule has 7 heteroatoms. The van der Waals surface area contributed by atoms with Crippen LogP contribution >= 0.6 is 11.6 Å². The van der Waals surface area contributed by atoms with E-state index in [1.807, 2.05) is 0 Å². The first kappa shape index (κ1) is 13.4. The molecule has 0 atom stereocenters. The molecule has 0 amide bonds. The van der Waals surface area contributed by atoms with Crippen molar-refractivity contribution in [2.24, 2.45) is 0 Å². The topological polar surface area (TPSA) is 88.0 Å². The van der Waals surface area contributed by atoms with Crippen LogP contribution in [0.4, 0.5) is 0 Å².